The van der Waals surface area contributed by atoms with Crippen molar-refractivity contribution in [1.82, 2.24) is 0 Å². The van der Waals surface area contributed by atoms with Crippen molar-refractivity contribution >= 4 is 0 Å². The van der Waals surface area contributed by atoms with Crippen LogP contribution in [0.5, 0.6) is 0 Å². The largest absolute Gasteiger partial charge is 0.412 e. The second kappa shape index (κ2) is 5.86. The van der Waals surface area contributed by atoms with Gasteiger partial charge in [0.05, 0.1) is 0 Å². The molecule has 3 N–H and O–H groups in total. The van der Waals surface area contributed by atoms with Crippen LogP contribution in [0.2, 0.25) is 3.93 Å². The smallest absolute Gasteiger partial charge is 0.412 e. The molecule has 0 aliphatic heterocycles. The van der Waals surface area contributed by atoms with Crippen LogP contribution in [0.25, 0.3) is 0 Å². The molecule has 0 rings (SSSR count). The molecule has 0 aliphatic rings. The summed E-state index contributed by atoms with van der Waals surface area (Å²) in [6.45, 7) is 1.83. The van der Waals surface area contributed by atoms with Crippen molar-refractivity contribution in [3.05, 3.63) is 0 Å². The summed E-state index contributed by atoms with van der Waals surface area (Å²) in [5.74, 6) is 0. The third-order valence-corrected chi connectivity index (χ3v) is 3.67. The SMILES string of the molecule is CC(O)[CH2][197Hg].O. The summed E-state index contributed by atoms with van der Waals surface area (Å²) in [7, 11) is 0. The topological polar surface area (TPSA) is 51.7 Å². The van der Waals surface area contributed by atoms with Crippen LogP contribution in [-0.4, -0.2) is 16.7 Å². The Labute approximate surface area is 53.8 Å². The van der Waals surface area contributed by atoms with Gasteiger partial charge in [-0.3, -0.25) is 0 Å². The van der Waals surface area contributed by atoms with E-state index in [2.05, 4.69) is 0 Å². The molecule has 0 radical (unpaired) electrons. The van der Waals surface area contributed by atoms with Crippen molar-refractivity contribution in [2.45, 2.75) is 17.0 Å². The molecule has 35 valence electrons. The molecular formula is C3H9HgO2. The van der Waals surface area contributed by atoms with Crippen molar-refractivity contribution in [2.75, 3.05) is 0 Å². The Bertz CT molecular complexity index is 22.8. The molecule has 0 aliphatic carbocycles. The van der Waals surface area contributed by atoms with Crippen LogP contribution in [0.15, 0.2) is 0 Å². The first-order valence-corrected chi connectivity index (χ1v) is 5.63. The molecule has 0 aromatic rings. The fraction of sp³-hybridized carbons (Fsp3) is 1.00. The first kappa shape index (κ1) is 9.97. The van der Waals surface area contributed by atoms with Gasteiger partial charge in [-0.05, 0) is 0 Å². The molecule has 0 bridgehead atoms. The van der Waals surface area contributed by atoms with Crippen LogP contribution in [0, 0.1) is 0 Å². The number of aliphatic hydroxyl groups is 1. The minimum atomic E-state index is -0.0293. The molecule has 0 spiro atoms. The summed E-state index contributed by atoms with van der Waals surface area (Å²) >= 11 is 0.793. The van der Waals surface area contributed by atoms with E-state index < -0.39 is 0 Å². The van der Waals surface area contributed by atoms with E-state index in [0.717, 1.165) is 30.1 Å². The summed E-state index contributed by atoms with van der Waals surface area (Å²) in [6.07, 6.45) is -0.0293. The second-order valence-corrected chi connectivity index (χ2v) is 3.38. The van der Waals surface area contributed by atoms with Crippen LogP contribution in [0.3, 0.4) is 0 Å². The first-order chi connectivity index (χ1) is 2.27. The maximum Gasteiger partial charge on any atom is -0.412 e. The Kier molecular flexibility index (Phi) is 9.73. The molecular weight excluding hydrogens is 265 g/mol. The average Bonchev–Trinajstić information content (AvgIpc) is 1.38. The third-order valence-electron chi connectivity index (χ3n) is 0.418. The Balaban J connectivity index is 0. The van der Waals surface area contributed by atoms with Gasteiger partial charge in [-0.25, -0.2) is 0 Å². The molecule has 0 heterocycles. The van der Waals surface area contributed by atoms with E-state index in [4.69, 9.17) is 5.11 Å². The minimum absolute atomic E-state index is 0. The van der Waals surface area contributed by atoms with E-state index in [1.54, 1.807) is 0 Å². The summed E-state index contributed by atoms with van der Waals surface area (Å²) in [5.41, 5.74) is 0. The van der Waals surface area contributed by atoms with Crippen LogP contribution < -0.4 is 0 Å². The van der Waals surface area contributed by atoms with E-state index in [-0.39, 0.29) is 11.6 Å². The Hall–Kier alpha value is 0.855. The molecule has 1 unspecified atom stereocenters. The quantitative estimate of drug-likeness (QED) is 0.644. The zero-order chi connectivity index (χ0) is 4.28. The van der Waals surface area contributed by atoms with Crippen molar-refractivity contribution < 1.29 is 36.7 Å². The van der Waals surface area contributed by atoms with E-state index in [1.165, 1.54) is 0 Å². The fourth-order valence-corrected chi connectivity index (χ4v) is 0. The molecule has 0 aromatic heterocycles. The predicted octanol–water partition coefficient (Wildman–Crippen LogP) is -0.492. The second-order valence-electron chi connectivity index (χ2n) is 1.14. The molecule has 0 saturated carbocycles. The van der Waals surface area contributed by atoms with Gasteiger partial charge >= 0.3 is 48.2 Å². The van der Waals surface area contributed by atoms with Gasteiger partial charge in [-0.15, -0.1) is 0 Å². The maximum atomic E-state index is 8.41. The average molecular weight is 274 g/mol. The van der Waals surface area contributed by atoms with Gasteiger partial charge in [-0.1, -0.05) is 0 Å². The molecule has 3 heteroatoms. The minimum Gasteiger partial charge on any atom is -0.412 e. The first-order valence-electron chi connectivity index (χ1n) is 1.74. The van der Waals surface area contributed by atoms with Crippen molar-refractivity contribution in [3.8, 4) is 0 Å². The van der Waals surface area contributed by atoms with Crippen LogP contribution in [-0.2, 0) is 26.1 Å². The van der Waals surface area contributed by atoms with Gasteiger partial charge in [0, 0.05) is 0 Å². The van der Waals surface area contributed by atoms with Gasteiger partial charge in [0.25, 0.3) is 0 Å². The predicted molar refractivity (Wildman–Crippen MR) is 20.1 cm³/mol. The van der Waals surface area contributed by atoms with E-state index in [1.807, 2.05) is 6.92 Å². The zero-order valence-corrected chi connectivity index (χ0v) is 9.44. The molecule has 6 heavy (non-hydrogen) atoms. The van der Waals surface area contributed by atoms with Gasteiger partial charge in [0.1, 0.15) is 0 Å². The summed E-state index contributed by atoms with van der Waals surface area (Å²) in [6, 6.07) is 0. The zero-order valence-electron chi connectivity index (χ0n) is 3.94. The van der Waals surface area contributed by atoms with Crippen molar-refractivity contribution in [1.29, 1.82) is 0 Å². The van der Waals surface area contributed by atoms with Gasteiger partial charge in [-0.2, -0.15) is 0 Å². The fourth-order valence-electron chi connectivity index (χ4n) is 0. The van der Waals surface area contributed by atoms with Gasteiger partial charge in [0.2, 0.25) is 0 Å². The molecule has 0 saturated heterocycles. The Morgan fingerprint density at radius 2 is 2.00 bits per heavy atom. The molecule has 0 aromatic carbocycles. The number of rotatable bonds is 1. The van der Waals surface area contributed by atoms with Gasteiger partial charge < -0.3 is 5.48 Å². The normalized spacial score (nSPS) is 12.7. The van der Waals surface area contributed by atoms with Crippen molar-refractivity contribution in [2.24, 2.45) is 0 Å². The Morgan fingerprint density at radius 1 is 1.83 bits per heavy atom. The summed E-state index contributed by atoms with van der Waals surface area (Å²) in [5, 5.41) is 8.41. The standard InChI is InChI=1S/C3H7O.Hg.H2O/c1-3(2)4;;/h3-4H,1H2,2H3;;1H2/i;1-4;. The van der Waals surface area contributed by atoms with Crippen LogP contribution >= 0.6 is 0 Å². The number of hydrogen-bond donors (Lipinski definition) is 1. The monoisotopic (exact) mass is 274 g/mol. The van der Waals surface area contributed by atoms with Gasteiger partial charge in [0.15, 0.2) is 0 Å². The molecule has 0 fully saturated rings. The van der Waals surface area contributed by atoms with E-state index in [9.17, 15) is 0 Å². The van der Waals surface area contributed by atoms with E-state index in [0.29, 0.717) is 0 Å². The summed E-state index contributed by atoms with van der Waals surface area (Å²) < 4.78 is 1.06. The number of hydrogen-bond acceptors (Lipinski definition) is 1. The molecule has 2 nitrogen and oxygen atoms in total. The summed E-state index contributed by atoms with van der Waals surface area (Å²) in [4.78, 5) is 0. The van der Waals surface area contributed by atoms with Crippen LogP contribution in [0.4, 0.5) is 0 Å². The third kappa shape index (κ3) is 8.85. The van der Waals surface area contributed by atoms with Crippen LogP contribution in [0.1, 0.15) is 6.92 Å². The molecule has 0 amide bonds. The van der Waals surface area contributed by atoms with E-state index >= 15 is 0 Å². The van der Waals surface area contributed by atoms with Crippen molar-refractivity contribution in [3.63, 3.8) is 0 Å². The maximum absolute atomic E-state index is 8.41. The number of aliphatic hydroxyl groups excluding tert-OH is 1. The Morgan fingerprint density at radius 3 is 2.00 bits per heavy atom. The molecule has 1 atom stereocenters.